The highest BCUT2D eigenvalue weighted by Crippen LogP contribution is 2.67. The van der Waals surface area contributed by atoms with Gasteiger partial charge >= 0.3 is 0 Å². The molecule has 5 nitrogen and oxygen atoms in total. The van der Waals surface area contributed by atoms with Gasteiger partial charge in [-0.1, -0.05) is 38.8 Å². The van der Waals surface area contributed by atoms with Gasteiger partial charge in [0.25, 0.3) is 0 Å². The van der Waals surface area contributed by atoms with Crippen molar-refractivity contribution >= 4 is 11.6 Å². The van der Waals surface area contributed by atoms with Gasteiger partial charge in [0.15, 0.2) is 11.6 Å². The zero-order valence-corrected chi connectivity index (χ0v) is 26.9. The standard InChI is InChI=1S/C38H54O5/c1-35-15-13-27-23(25(35)9-11-33(35)41)7-5-21-17-29(39)31(19-37(21,27)3)43-32-20-38(4)22(18-30(32)40)6-8-24-26-10-12-34(42)36(26,2)16-14-28(24)38/h17-18,23-28,31-34,41-42H,5-16,19-20H2,1-4H3/t23?,24?,25?,26?,27?,28?,31?,32?,33-,34-,35-,36-,37-,38-/m0/s1. The molecule has 8 aliphatic rings. The van der Waals surface area contributed by atoms with Gasteiger partial charge in [-0.3, -0.25) is 9.59 Å². The van der Waals surface area contributed by atoms with Crippen molar-refractivity contribution in [1.29, 1.82) is 0 Å². The lowest BCUT2D eigenvalue weighted by atomic mass is 9.47. The minimum absolute atomic E-state index is 0.0398. The quantitative estimate of drug-likeness (QED) is 0.372. The predicted molar refractivity (Wildman–Crippen MR) is 165 cm³/mol. The molecule has 8 rings (SSSR count). The van der Waals surface area contributed by atoms with E-state index in [-0.39, 0.29) is 45.4 Å². The molecule has 0 saturated heterocycles. The first-order valence-corrected chi connectivity index (χ1v) is 17.9. The maximum atomic E-state index is 13.6. The van der Waals surface area contributed by atoms with Crippen LogP contribution in [0.15, 0.2) is 23.3 Å². The molecule has 0 heterocycles. The number of ketones is 2. The Kier molecular flexibility index (Phi) is 6.51. The van der Waals surface area contributed by atoms with Crippen LogP contribution in [0.4, 0.5) is 0 Å². The summed E-state index contributed by atoms with van der Waals surface area (Å²) in [7, 11) is 0. The molecular weight excluding hydrogens is 536 g/mol. The van der Waals surface area contributed by atoms with Crippen molar-refractivity contribution in [2.45, 2.75) is 142 Å². The van der Waals surface area contributed by atoms with E-state index in [1.165, 1.54) is 11.1 Å². The number of allylic oxidation sites excluding steroid dienone is 2. The fourth-order valence-electron chi connectivity index (χ4n) is 13.6. The minimum atomic E-state index is -0.554. The number of rotatable bonds is 2. The number of carbonyl (C=O) groups excluding carboxylic acids is 2. The van der Waals surface area contributed by atoms with Crippen molar-refractivity contribution in [3.63, 3.8) is 0 Å². The zero-order valence-electron chi connectivity index (χ0n) is 26.9. The number of hydrogen-bond donors (Lipinski definition) is 2. The third-order valence-corrected chi connectivity index (χ3v) is 16.2. The van der Waals surface area contributed by atoms with Gasteiger partial charge in [-0.15, -0.1) is 0 Å². The number of aliphatic hydroxyl groups excluding tert-OH is 2. The van der Waals surface area contributed by atoms with E-state index in [2.05, 4.69) is 27.7 Å². The molecule has 0 amide bonds. The zero-order chi connectivity index (χ0) is 30.1. The second kappa shape index (κ2) is 9.61. The first-order valence-electron chi connectivity index (χ1n) is 17.9. The molecule has 8 aliphatic carbocycles. The van der Waals surface area contributed by atoms with Crippen molar-refractivity contribution in [1.82, 2.24) is 0 Å². The van der Waals surface area contributed by atoms with Crippen LogP contribution in [-0.4, -0.2) is 46.2 Å². The van der Waals surface area contributed by atoms with Crippen LogP contribution in [0.3, 0.4) is 0 Å². The van der Waals surface area contributed by atoms with Gasteiger partial charge in [0.05, 0.1) is 12.2 Å². The molecule has 0 aromatic carbocycles. The van der Waals surface area contributed by atoms with Crippen LogP contribution in [0.1, 0.15) is 118 Å². The van der Waals surface area contributed by atoms with Crippen LogP contribution in [0.5, 0.6) is 0 Å². The van der Waals surface area contributed by atoms with E-state index in [1.54, 1.807) is 0 Å². The molecule has 0 spiro atoms. The molecule has 0 aliphatic heterocycles. The third kappa shape index (κ3) is 3.92. The Labute approximate surface area is 258 Å². The molecule has 0 aromatic heterocycles. The SMILES string of the molecule is C[C@]12CC(OC3C[C@@]4(C)C(=CC3=O)CCC3C4CC[C@@]4(C)C3CC[C@@H]4O)C(=O)C=C1CCC1C2CC[C@@]2(C)C1CC[C@@H]2O. The maximum absolute atomic E-state index is 13.6. The van der Waals surface area contributed by atoms with E-state index in [1.807, 2.05) is 12.2 Å². The highest BCUT2D eigenvalue weighted by atomic mass is 16.5. The second-order valence-corrected chi connectivity index (χ2v) is 17.6. The van der Waals surface area contributed by atoms with Crippen LogP contribution >= 0.6 is 0 Å². The minimum Gasteiger partial charge on any atom is -0.393 e. The smallest absolute Gasteiger partial charge is 0.184 e. The van der Waals surface area contributed by atoms with Crippen molar-refractivity contribution in [2.75, 3.05) is 0 Å². The number of ether oxygens (including phenoxy) is 1. The van der Waals surface area contributed by atoms with Gasteiger partial charge in [0.2, 0.25) is 0 Å². The van der Waals surface area contributed by atoms with E-state index >= 15 is 0 Å². The molecule has 0 aromatic rings. The monoisotopic (exact) mass is 590 g/mol. The van der Waals surface area contributed by atoms with Crippen molar-refractivity contribution in [3.05, 3.63) is 23.3 Å². The summed E-state index contributed by atoms with van der Waals surface area (Å²) < 4.78 is 6.72. The Balaban J connectivity index is 1.03. The van der Waals surface area contributed by atoms with Gasteiger partial charge in [-0.05, 0) is 159 Å². The summed E-state index contributed by atoms with van der Waals surface area (Å²) in [5.74, 6) is 3.47. The summed E-state index contributed by atoms with van der Waals surface area (Å²) in [6.45, 7) is 9.42. The Bertz CT molecular complexity index is 1190. The molecule has 8 unspecified atom stereocenters. The Morgan fingerprint density at radius 2 is 1.02 bits per heavy atom. The molecular formula is C38H54O5. The molecule has 236 valence electrons. The topological polar surface area (TPSA) is 83.8 Å². The van der Waals surface area contributed by atoms with Gasteiger partial charge in [-0.25, -0.2) is 0 Å². The van der Waals surface area contributed by atoms with E-state index < -0.39 is 12.2 Å². The summed E-state index contributed by atoms with van der Waals surface area (Å²) in [5.41, 5.74) is 2.54. The second-order valence-electron chi connectivity index (χ2n) is 17.6. The van der Waals surface area contributed by atoms with E-state index in [0.717, 1.165) is 77.0 Å². The highest BCUT2D eigenvalue weighted by Gasteiger charge is 2.62. The molecule has 0 bridgehead atoms. The van der Waals surface area contributed by atoms with Crippen LogP contribution in [0, 0.1) is 57.2 Å². The third-order valence-electron chi connectivity index (χ3n) is 16.2. The molecule has 5 heteroatoms. The van der Waals surface area contributed by atoms with Crippen LogP contribution < -0.4 is 0 Å². The molecule has 2 N–H and O–H groups in total. The first-order chi connectivity index (χ1) is 20.4. The predicted octanol–water partition coefficient (Wildman–Crippen LogP) is 6.75. The molecule has 6 saturated carbocycles. The average molecular weight is 591 g/mol. The lowest BCUT2D eigenvalue weighted by Gasteiger charge is -2.59. The van der Waals surface area contributed by atoms with Gasteiger partial charge in [0.1, 0.15) is 12.2 Å². The summed E-state index contributed by atoms with van der Waals surface area (Å²) >= 11 is 0. The largest absolute Gasteiger partial charge is 0.393 e. The van der Waals surface area contributed by atoms with Crippen molar-refractivity contribution in [3.8, 4) is 0 Å². The fourth-order valence-corrected chi connectivity index (χ4v) is 13.6. The lowest BCUT2D eigenvalue weighted by Crippen LogP contribution is -2.55. The summed E-state index contributed by atoms with van der Waals surface area (Å²) in [6.07, 6.45) is 16.4. The summed E-state index contributed by atoms with van der Waals surface area (Å²) in [6, 6.07) is 0. The summed E-state index contributed by atoms with van der Waals surface area (Å²) in [5, 5.41) is 21.8. The number of hydrogen-bond acceptors (Lipinski definition) is 5. The molecule has 0 radical (unpaired) electrons. The molecule has 43 heavy (non-hydrogen) atoms. The Morgan fingerprint density at radius 1 is 0.605 bits per heavy atom. The average Bonchev–Trinajstić information content (AvgIpc) is 3.44. The van der Waals surface area contributed by atoms with E-state index in [9.17, 15) is 19.8 Å². The lowest BCUT2D eigenvalue weighted by molar-refractivity contribution is -0.152. The normalized spacial score (nSPS) is 55.7. The van der Waals surface area contributed by atoms with Crippen LogP contribution in [-0.2, 0) is 14.3 Å². The van der Waals surface area contributed by atoms with E-state index in [4.69, 9.17) is 4.74 Å². The Morgan fingerprint density at radius 3 is 1.44 bits per heavy atom. The van der Waals surface area contributed by atoms with E-state index in [0.29, 0.717) is 48.3 Å². The van der Waals surface area contributed by atoms with Crippen LogP contribution in [0.2, 0.25) is 0 Å². The summed E-state index contributed by atoms with van der Waals surface area (Å²) in [4.78, 5) is 27.2. The first kappa shape index (κ1) is 29.1. The van der Waals surface area contributed by atoms with Crippen molar-refractivity contribution < 1.29 is 24.5 Å². The van der Waals surface area contributed by atoms with Crippen LogP contribution in [0.25, 0.3) is 0 Å². The Hall–Kier alpha value is -1.30. The molecule has 6 fully saturated rings. The van der Waals surface area contributed by atoms with Crippen molar-refractivity contribution in [2.24, 2.45) is 57.2 Å². The van der Waals surface area contributed by atoms with Gasteiger partial charge in [-0.2, -0.15) is 0 Å². The number of fused-ring (bicyclic) bond motifs is 10. The molecule has 14 atom stereocenters. The maximum Gasteiger partial charge on any atom is 0.184 e. The van der Waals surface area contributed by atoms with Gasteiger partial charge in [0, 0.05) is 0 Å². The highest BCUT2D eigenvalue weighted by molar-refractivity contribution is 5.98. The van der Waals surface area contributed by atoms with Gasteiger partial charge < -0.3 is 14.9 Å². The number of carbonyl (C=O) groups is 2. The number of aliphatic hydroxyl groups is 2. The fraction of sp³-hybridized carbons (Fsp3) is 0.842.